The minimum Gasteiger partial charge on any atom is -0.460 e. The van der Waals surface area contributed by atoms with Gasteiger partial charge in [-0.3, -0.25) is 0 Å². The van der Waals surface area contributed by atoms with Gasteiger partial charge in [-0.25, -0.2) is 0 Å². The van der Waals surface area contributed by atoms with Gasteiger partial charge in [0.25, 0.3) is 0 Å². The van der Waals surface area contributed by atoms with Gasteiger partial charge in [0.15, 0.2) is 0 Å². The summed E-state index contributed by atoms with van der Waals surface area (Å²) in [5.74, 6) is 2.71. The fourth-order valence-corrected chi connectivity index (χ4v) is 4.68. The largest absolute Gasteiger partial charge is 0.460 e. The molecule has 7 nitrogen and oxygen atoms in total. The second kappa shape index (κ2) is 10.5. The standard InChI is InChI=1S/C32H34N4O3/c1-20-6-12-26(33)30(16-20)37-14-15-38-31-17-21(7-13-27(31)34)32-24-10-8-22(35(2)3)18-28(24)39-29-19-23(36(4)5)9-11-25(29)32/h6-19,32H,33-34H2,1-5H3. The van der Waals surface area contributed by atoms with Gasteiger partial charge in [0.05, 0.1) is 11.4 Å². The molecule has 0 radical (unpaired) electrons. The topological polar surface area (TPSA) is 86.2 Å². The Bertz CT molecular complexity index is 1490. The Balaban J connectivity index is 1.49. The minimum atomic E-state index is -0.0635. The van der Waals surface area contributed by atoms with Gasteiger partial charge < -0.3 is 35.5 Å². The van der Waals surface area contributed by atoms with Gasteiger partial charge >= 0.3 is 0 Å². The fourth-order valence-electron chi connectivity index (χ4n) is 4.68. The monoisotopic (exact) mass is 522 g/mol. The van der Waals surface area contributed by atoms with E-state index in [-0.39, 0.29) is 5.92 Å². The number of ether oxygens (including phenoxy) is 3. The number of hydrogen-bond donors (Lipinski definition) is 2. The zero-order valence-electron chi connectivity index (χ0n) is 22.9. The van der Waals surface area contributed by atoms with Gasteiger partial charge in [-0.1, -0.05) is 24.3 Å². The Morgan fingerprint density at radius 2 is 1.18 bits per heavy atom. The molecule has 1 aliphatic rings. The van der Waals surface area contributed by atoms with Crippen molar-refractivity contribution >= 4 is 22.7 Å². The van der Waals surface area contributed by atoms with Crippen LogP contribution in [0.15, 0.2) is 85.3 Å². The summed E-state index contributed by atoms with van der Waals surface area (Å²) in [7, 11) is 8.09. The van der Waals surface area contributed by atoms with Crippen molar-refractivity contribution < 1.29 is 14.2 Å². The summed E-state index contributed by atoms with van der Waals surface area (Å²) in [6, 6.07) is 24.2. The number of fused-ring (bicyclic) bond motifs is 2. The highest BCUT2D eigenvalue weighted by Crippen LogP contribution is 2.49. The van der Waals surface area contributed by atoms with Crippen LogP contribution in [0.25, 0.3) is 0 Å². The first-order chi connectivity index (χ1) is 18.7. The Hall–Kier alpha value is -4.78. The predicted molar refractivity (Wildman–Crippen MR) is 159 cm³/mol. The molecule has 0 amide bonds. The second-order valence-electron chi connectivity index (χ2n) is 10.1. The van der Waals surface area contributed by atoms with Crippen molar-refractivity contribution in [2.24, 2.45) is 0 Å². The van der Waals surface area contributed by atoms with Crippen molar-refractivity contribution in [1.82, 2.24) is 0 Å². The van der Waals surface area contributed by atoms with Crippen molar-refractivity contribution in [2.45, 2.75) is 12.8 Å². The van der Waals surface area contributed by atoms with E-state index in [9.17, 15) is 0 Å². The second-order valence-corrected chi connectivity index (χ2v) is 10.1. The van der Waals surface area contributed by atoms with Crippen molar-refractivity contribution in [1.29, 1.82) is 0 Å². The molecule has 1 aliphatic heterocycles. The molecule has 4 aromatic rings. The number of benzene rings is 4. The predicted octanol–water partition coefficient (Wildman–Crippen LogP) is 6.51. The quantitative estimate of drug-likeness (QED) is 0.186. The Morgan fingerprint density at radius 3 is 1.72 bits per heavy atom. The molecule has 0 spiro atoms. The van der Waals surface area contributed by atoms with Crippen LogP contribution in [-0.4, -0.2) is 28.2 Å². The van der Waals surface area contributed by atoms with Crippen LogP contribution in [0.2, 0.25) is 0 Å². The molecule has 200 valence electrons. The lowest BCUT2D eigenvalue weighted by atomic mass is 9.82. The van der Waals surface area contributed by atoms with E-state index in [0.717, 1.165) is 45.1 Å². The Kier molecular flexibility index (Phi) is 6.98. The van der Waals surface area contributed by atoms with E-state index < -0.39 is 0 Å². The molecule has 0 saturated carbocycles. The van der Waals surface area contributed by atoms with E-state index in [2.05, 4.69) is 46.2 Å². The van der Waals surface area contributed by atoms with Crippen molar-refractivity contribution in [3.05, 3.63) is 108 Å². The first-order valence-electron chi connectivity index (χ1n) is 12.8. The van der Waals surface area contributed by atoms with Gasteiger partial charge in [-0.15, -0.1) is 0 Å². The zero-order valence-corrected chi connectivity index (χ0v) is 22.9. The summed E-state index contributed by atoms with van der Waals surface area (Å²) in [5, 5.41) is 0. The molecule has 0 fully saturated rings. The highest BCUT2D eigenvalue weighted by atomic mass is 16.5. The highest BCUT2D eigenvalue weighted by Gasteiger charge is 2.30. The smallest absolute Gasteiger partial charge is 0.149 e. The molecule has 39 heavy (non-hydrogen) atoms. The first kappa shape index (κ1) is 25.9. The van der Waals surface area contributed by atoms with E-state index in [1.165, 1.54) is 12.5 Å². The molecule has 0 atom stereocenters. The van der Waals surface area contributed by atoms with E-state index in [0.29, 0.717) is 22.9 Å². The van der Waals surface area contributed by atoms with Crippen LogP contribution >= 0.6 is 0 Å². The fraction of sp³-hybridized carbons (Fsp3) is 0.188. The molecule has 0 saturated heterocycles. The SMILES string of the molecule is Cc1ccc(N)c(OC=COc2cc(C3c4ccc(N(C)C)cc4Oc4cc(N(C)C)ccc43)ccc2N)c1. The molecule has 1 heterocycles. The first-order valence-corrected chi connectivity index (χ1v) is 12.8. The van der Waals surface area contributed by atoms with Crippen LogP contribution in [0.5, 0.6) is 23.0 Å². The molecule has 0 aromatic heterocycles. The van der Waals surface area contributed by atoms with E-state index in [1.54, 1.807) is 0 Å². The molecule has 0 unspecified atom stereocenters. The summed E-state index contributed by atoms with van der Waals surface area (Å²) in [5.41, 5.74) is 19.8. The zero-order chi connectivity index (χ0) is 27.7. The average Bonchev–Trinajstić information content (AvgIpc) is 2.91. The van der Waals surface area contributed by atoms with Crippen LogP contribution in [0.3, 0.4) is 0 Å². The third kappa shape index (κ3) is 5.29. The van der Waals surface area contributed by atoms with Crippen LogP contribution < -0.4 is 35.5 Å². The molecular formula is C32H34N4O3. The molecule has 0 bridgehead atoms. The summed E-state index contributed by atoms with van der Waals surface area (Å²) < 4.78 is 18.1. The van der Waals surface area contributed by atoms with Gasteiger partial charge in [0.1, 0.15) is 35.5 Å². The number of anilines is 4. The molecule has 4 aromatic carbocycles. The molecule has 7 heteroatoms. The highest BCUT2D eigenvalue weighted by molar-refractivity contribution is 5.67. The third-order valence-electron chi connectivity index (χ3n) is 6.85. The number of hydrogen-bond acceptors (Lipinski definition) is 7. The van der Waals surface area contributed by atoms with Crippen molar-refractivity contribution in [3.63, 3.8) is 0 Å². The minimum absolute atomic E-state index is 0.0635. The van der Waals surface area contributed by atoms with Gasteiger partial charge in [-0.2, -0.15) is 0 Å². The molecule has 0 aliphatic carbocycles. The maximum absolute atomic E-state index is 6.46. The number of nitrogens with two attached hydrogens (primary N) is 2. The van der Waals surface area contributed by atoms with E-state index in [1.807, 2.05) is 71.5 Å². The van der Waals surface area contributed by atoms with Gasteiger partial charge in [0, 0.05) is 68.7 Å². The van der Waals surface area contributed by atoms with E-state index in [4.69, 9.17) is 25.7 Å². The van der Waals surface area contributed by atoms with Crippen LogP contribution in [0.4, 0.5) is 22.7 Å². The third-order valence-corrected chi connectivity index (χ3v) is 6.85. The summed E-state index contributed by atoms with van der Waals surface area (Å²) in [6.45, 7) is 1.98. The van der Waals surface area contributed by atoms with Gasteiger partial charge in [-0.05, 0) is 54.4 Å². The molecular weight excluding hydrogens is 488 g/mol. The molecule has 4 N–H and O–H groups in total. The number of rotatable bonds is 7. The Labute approximate surface area is 229 Å². The van der Waals surface area contributed by atoms with Crippen molar-refractivity contribution in [2.75, 3.05) is 49.5 Å². The summed E-state index contributed by atoms with van der Waals surface area (Å²) in [4.78, 5) is 4.14. The lowest BCUT2D eigenvalue weighted by molar-refractivity contribution is 0.423. The van der Waals surface area contributed by atoms with Crippen LogP contribution in [-0.2, 0) is 0 Å². The van der Waals surface area contributed by atoms with Crippen LogP contribution in [0.1, 0.15) is 28.2 Å². The number of nitrogen functional groups attached to an aromatic ring is 2. The summed E-state index contributed by atoms with van der Waals surface area (Å²) in [6.07, 6.45) is 2.93. The Morgan fingerprint density at radius 1 is 0.667 bits per heavy atom. The lowest BCUT2D eigenvalue weighted by Crippen LogP contribution is -2.15. The lowest BCUT2D eigenvalue weighted by Gasteiger charge is -2.31. The van der Waals surface area contributed by atoms with Gasteiger partial charge in [0.2, 0.25) is 0 Å². The van der Waals surface area contributed by atoms with Crippen molar-refractivity contribution in [3.8, 4) is 23.0 Å². The summed E-state index contributed by atoms with van der Waals surface area (Å²) >= 11 is 0. The average molecular weight is 523 g/mol. The van der Waals surface area contributed by atoms with Crippen LogP contribution in [0, 0.1) is 6.92 Å². The number of nitrogens with zero attached hydrogens (tertiary/aromatic N) is 2. The maximum atomic E-state index is 6.46. The number of aryl methyl sites for hydroxylation is 1. The molecule has 5 rings (SSSR count). The maximum Gasteiger partial charge on any atom is 0.149 e. The van der Waals surface area contributed by atoms with E-state index >= 15 is 0 Å². The normalized spacial score (nSPS) is 12.4.